The van der Waals surface area contributed by atoms with Crippen molar-refractivity contribution >= 4 is 17.8 Å². The molecule has 1 aliphatic carbocycles. The molecule has 22 heavy (non-hydrogen) atoms. The van der Waals surface area contributed by atoms with E-state index < -0.39 is 0 Å². The van der Waals surface area contributed by atoms with Gasteiger partial charge in [-0.15, -0.1) is 0 Å². The van der Waals surface area contributed by atoms with E-state index in [4.69, 9.17) is 4.84 Å². The van der Waals surface area contributed by atoms with Gasteiger partial charge in [0, 0.05) is 5.69 Å². The van der Waals surface area contributed by atoms with E-state index in [-0.39, 0.29) is 12.5 Å². The van der Waals surface area contributed by atoms with Crippen molar-refractivity contribution < 1.29 is 9.63 Å². The van der Waals surface area contributed by atoms with E-state index in [0.29, 0.717) is 0 Å². The van der Waals surface area contributed by atoms with E-state index in [2.05, 4.69) is 16.5 Å². The Morgan fingerprint density at radius 1 is 1.14 bits per heavy atom. The zero-order valence-corrected chi connectivity index (χ0v) is 12.3. The Bertz CT molecular complexity index is 681. The number of amides is 1. The lowest BCUT2D eigenvalue weighted by Crippen LogP contribution is -2.17. The van der Waals surface area contributed by atoms with Crippen molar-refractivity contribution in [3.05, 3.63) is 65.2 Å². The minimum Gasteiger partial charge on any atom is -0.386 e. The summed E-state index contributed by atoms with van der Waals surface area (Å²) in [5.41, 5.74) is 4.48. The standard InChI is InChI=1S/C18H18N2O2/c21-18(13-22-19-12-14-5-2-1-3-6-14)20-17-10-9-15-7-4-8-16(15)11-17/h1-3,5-6,9-12H,4,7-8,13H2,(H,20,21)/b19-12+. The first kappa shape index (κ1) is 14.3. The summed E-state index contributed by atoms with van der Waals surface area (Å²) in [5.74, 6) is -0.205. The second-order valence-corrected chi connectivity index (χ2v) is 5.30. The summed E-state index contributed by atoms with van der Waals surface area (Å²) < 4.78 is 0. The molecule has 0 aliphatic heterocycles. The highest BCUT2D eigenvalue weighted by molar-refractivity contribution is 5.91. The minimum atomic E-state index is -0.205. The number of oxime groups is 1. The summed E-state index contributed by atoms with van der Waals surface area (Å²) in [7, 11) is 0. The maximum atomic E-state index is 11.8. The molecule has 0 fully saturated rings. The molecule has 112 valence electrons. The molecule has 3 rings (SSSR count). The predicted octanol–water partition coefficient (Wildman–Crippen LogP) is 3.16. The molecular weight excluding hydrogens is 276 g/mol. The van der Waals surface area contributed by atoms with Gasteiger partial charge in [-0.05, 0) is 48.1 Å². The van der Waals surface area contributed by atoms with Gasteiger partial charge in [0.15, 0.2) is 6.61 Å². The van der Waals surface area contributed by atoms with Crippen LogP contribution in [0, 0.1) is 0 Å². The second-order valence-electron chi connectivity index (χ2n) is 5.30. The van der Waals surface area contributed by atoms with Crippen molar-refractivity contribution in [2.75, 3.05) is 11.9 Å². The molecule has 0 saturated carbocycles. The molecule has 0 radical (unpaired) electrons. The number of nitrogens with zero attached hydrogens (tertiary/aromatic N) is 1. The first-order valence-electron chi connectivity index (χ1n) is 7.43. The molecule has 4 nitrogen and oxygen atoms in total. The van der Waals surface area contributed by atoms with Crippen LogP contribution in [-0.4, -0.2) is 18.7 Å². The van der Waals surface area contributed by atoms with Crippen LogP contribution in [0.2, 0.25) is 0 Å². The number of carbonyl (C=O) groups is 1. The van der Waals surface area contributed by atoms with Crippen molar-refractivity contribution in [1.29, 1.82) is 0 Å². The van der Waals surface area contributed by atoms with Gasteiger partial charge in [-0.3, -0.25) is 4.79 Å². The van der Waals surface area contributed by atoms with Crippen molar-refractivity contribution in [2.45, 2.75) is 19.3 Å². The van der Waals surface area contributed by atoms with E-state index in [0.717, 1.165) is 24.1 Å². The second kappa shape index (κ2) is 6.89. The van der Waals surface area contributed by atoms with Crippen LogP contribution in [0.1, 0.15) is 23.1 Å². The number of nitrogens with one attached hydrogen (secondary N) is 1. The third-order valence-electron chi connectivity index (χ3n) is 3.65. The molecule has 2 aromatic rings. The van der Waals surface area contributed by atoms with Crippen LogP contribution in [0.4, 0.5) is 5.69 Å². The Hall–Kier alpha value is -2.62. The van der Waals surface area contributed by atoms with Gasteiger partial charge in [-0.2, -0.15) is 0 Å². The predicted molar refractivity (Wildman–Crippen MR) is 87.1 cm³/mol. The Balaban J connectivity index is 1.47. The Morgan fingerprint density at radius 3 is 2.82 bits per heavy atom. The highest BCUT2D eigenvalue weighted by Gasteiger charge is 2.11. The average Bonchev–Trinajstić information content (AvgIpc) is 3.00. The van der Waals surface area contributed by atoms with E-state index in [9.17, 15) is 4.79 Å². The normalized spacial score (nSPS) is 13.1. The van der Waals surface area contributed by atoms with Gasteiger partial charge in [-0.1, -0.05) is 41.6 Å². The zero-order chi connectivity index (χ0) is 15.2. The lowest BCUT2D eigenvalue weighted by atomic mass is 10.1. The summed E-state index contributed by atoms with van der Waals surface area (Å²) in [6.45, 7) is -0.0968. The van der Waals surface area contributed by atoms with E-state index >= 15 is 0 Å². The molecule has 0 saturated heterocycles. The fraction of sp³-hybridized carbons (Fsp3) is 0.222. The van der Waals surface area contributed by atoms with Crippen molar-refractivity contribution in [3.8, 4) is 0 Å². The van der Waals surface area contributed by atoms with Crippen LogP contribution in [0.25, 0.3) is 0 Å². The van der Waals surface area contributed by atoms with Crippen LogP contribution < -0.4 is 5.32 Å². The fourth-order valence-electron chi connectivity index (χ4n) is 2.58. The van der Waals surface area contributed by atoms with Crippen LogP contribution in [0.15, 0.2) is 53.7 Å². The van der Waals surface area contributed by atoms with Gasteiger partial charge in [0.1, 0.15) is 0 Å². The summed E-state index contributed by atoms with van der Waals surface area (Å²) >= 11 is 0. The van der Waals surface area contributed by atoms with E-state index in [1.165, 1.54) is 17.5 Å². The third-order valence-corrected chi connectivity index (χ3v) is 3.65. The molecule has 1 N–H and O–H groups in total. The minimum absolute atomic E-state index is 0.0968. The Morgan fingerprint density at radius 2 is 1.95 bits per heavy atom. The van der Waals surface area contributed by atoms with Crippen molar-refractivity contribution in [3.63, 3.8) is 0 Å². The SMILES string of the molecule is O=C(CO/N=C/c1ccccc1)Nc1ccc2c(c1)CCC2. The molecule has 0 atom stereocenters. The quantitative estimate of drug-likeness (QED) is 0.680. The molecular formula is C18H18N2O2. The summed E-state index contributed by atoms with van der Waals surface area (Å²) in [4.78, 5) is 16.8. The molecule has 2 aromatic carbocycles. The van der Waals surface area contributed by atoms with Crippen LogP contribution in [-0.2, 0) is 22.5 Å². The highest BCUT2D eigenvalue weighted by atomic mass is 16.6. The first-order valence-corrected chi connectivity index (χ1v) is 7.43. The van der Waals surface area contributed by atoms with Crippen molar-refractivity contribution in [1.82, 2.24) is 0 Å². The molecule has 1 amide bonds. The molecule has 4 heteroatoms. The van der Waals surface area contributed by atoms with Crippen molar-refractivity contribution in [2.24, 2.45) is 5.16 Å². The van der Waals surface area contributed by atoms with Gasteiger partial charge < -0.3 is 10.2 Å². The van der Waals surface area contributed by atoms with Gasteiger partial charge in [-0.25, -0.2) is 0 Å². The average molecular weight is 294 g/mol. The van der Waals surface area contributed by atoms with Crippen LogP contribution in [0.5, 0.6) is 0 Å². The van der Waals surface area contributed by atoms with E-state index in [1.807, 2.05) is 42.5 Å². The maximum absolute atomic E-state index is 11.8. The number of rotatable bonds is 5. The molecule has 0 aromatic heterocycles. The topological polar surface area (TPSA) is 50.7 Å². The van der Waals surface area contributed by atoms with E-state index in [1.54, 1.807) is 6.21 Å². The molecule has 1 aliphatic rings. The summed E-state index contributed by atoms with van der Waals surface area (Å²) in [6, 6.07) is 15.7. The molecule has 0 bridgehead atoms. The molecule has 0 unspecified atom stereocenters. The number of benzene rings is 2. The highest BCUT2D eigenvalue weighted by Crippen LogP contribution is 2.24. The maximum Gasteiger partial charge on any atom is 0.265 e. The first-order chi connectivity index (χ1) is 10.8. The lowest BCUT2D eigenvalue weighted by molar-refractivity contribution is -0.120. The van der Waals surface area contributed by atoms with Gasteiger partial charge in [0.05, 0.1) is 6.21 Å². The fourth-order valence-corrected chi connectivity index (χ4v) is 2.58. The van der Waals surface area contributed by atoms with Gasteiger partial charge in [0.2, 0.25) is 0 Å². The number of aryl methyl sites for hydroxylation is 2. The Labute approximate surface area is 129 Å². The smallest absolute Gasteiger partial charge is 0.265 e. The monoisotopic (exact) mass is 294 g/mol. The van der Waals surface area contributed by atoms with Gasteiger partial charge >= 0.3 is 0 Å². The lowest BCUT2D eigenvalue weighted by Gasteiger charge is -2.06. The summed E-state index contributed by atoms with van der Waals surface area (Å²) in [6.07, 6.45) is 5.02. The molecule has 0 spiro atoms. The molecule has 0 heterocycles. The summed E-state index contributed by atoms with van der Waals surface area (Å²) in [5, 5.41) is 6.63. The zero-order valence-electron chi connectivity index (χ0n) is 12.3. The Kier molecular flexibility index (Phi) is 4.49. The number of hydrogen-bond acceptors (Lipinski definition) is 3. The number of anilines is 1. The van der Waals surface area contributed by atoms with Crippen LogP contribution in [0.3, 0.4) is 0 Å². The number of carbonyl (C=O) groups excluding carboxylic acids is 1. The van der Waals surface area contributed by atoms with Gasteiger partial charge in [0.25, 0.3) is 5.91 Å². The largest absolute Gasteiger partial charge is 0.386 e. The van der Waals surface area contributed by atoms with Crippen LogP contribution >= 0.6 is 0 Å². The number of fused-ring (bicyclic) bond motifs is 1. The number of hydrogen-bond donors (Lipinski definition) is 1. The third kappa shape index (κ3) is 3.73.